The molecule has 0 atom stereocenters. The fourth-order valence-electron chi connectivity index (χ4n) is 3.80. The molecule has 12 nitrogen and oxygen atoms in total. The molecule has 0 fully saturated rings. The molecule has 12 heteroatoms. The maximum atomic E-state index is 11.9. The van der Waals surface area contributed by atoms with E-state index in [1.165, 1.54) is 19.0 Å². The van der Waals surface area contributed by atoms with E-state index in [1.807, 2.05) is 18.2 Å². The van der Waals surface area contributed by atoms with Crippen molar-refractivity contribution in [2.24, 2.45) is 0 Å². The van der Waals surface area contributed by atoms with E-state index in [2.05, 4.69) is 30.9 Å². The molecule has 4 aromatic rings. The van der Waals surface area contributed by atoms with Gasteiger partial charge in [0.05, 0.1) is 24.6 Å². The lowest BCUT2D eigenvalue weighted by atomic mass is 10.0. The zero-order valence-electron chi connectivity index (χ0n) is 16.8. The molecule has 1 aromatic carbocycles. The summed E-state index contributed by atoms with van der Waals surface area (Å²) < 4.78 is 14.8. The molecule has 0 radical (unpaired) electrons. The second-order valence-electron chi connectivity index (χ2n) is 7.03. The normalized spacial score (nSPS) is 13.1. The van der Waals surface area contributed by atoms with Crippen LogP contribution in [0.4, 0.5) is 11.5 Å². The highest BCUT2D eigenvalue weighted by Gasteiger charge is 2.32. The van der Waals surface area contributed by atoms with Gasteiger partial charge in [-0.15, -0.1) is 0 Å². The van der Waals surface area contributed by atoms with E-state index in [0.717, 1.165) is 22.7 Å². The highest BCUT2D eigenvalue weighted by atomic mass is 16.6. The van der Waals surface area contributed by atoms with Crippen LogP contribution >= 0.6 is 0 Å². The summed E-state index contributed by atoms with van der Waals surface area (Å²) in [5.74, 6) is -1.32. The Kier molecular flexibility index (Phi) is 4.66. The highest BCUT2D eigenvalue weighted by Crippen LogP contribution is 2.38. The number of nitro groups is 1. The number of carbonyl (C=O) groups is 1. The van der Waals surface area contributed by atoms with E-state index in [4.69, 9.17) is 9.26 Å². The highest BCUT2D eigenvalue weighted by molar-refractivity contribution is 5.86. The fourth-order valence-corrected chi connectivity index (χ4v) is 3.80. The van der Waals surface area contributed by atoms with Gasteiger partial charge in [0.1, 0.15) is 6.33 Å². The van der Waals surface area contributed by atoms with Crippen LogP contribution in [0.2, 0.25) is 0 Å². The number of para-hydroxylation sites is 1. The van der Waals surface area contributed by atoms with Gasteiger partial charge in [-0.1, -0.05) is 18.2 Å². The molecule has 0 bridgehead atoms. The molecule has 0 saturated heterocycles. The number of H-pyrrole nitrogens is 1. The van der Waals surface area contributed by atoms with Gasteiger partial charge in [0, 0.05) is 23.1 Å². The number of aromatic nitrogens is 4. The molecule has 1 aliphatic heterocycles. The SMILES string of the molecule is COC(=O)c1cc(Oc2ncnc(N3CCc4c([nH]c5ccccc45)C3)c2[N+](=O)[O-])no1. The number of rotatable bonds is 5. The maximum absolute atomic E-state index is 11.9. The summed E-state index contributed by atoms with van der Waals surface area (Å²) in [4.78, 5) is 36.1. The number of nitrogens with zero attached hydrogens (tertiary/aromatic N) is 5. The number of anilines is 1. The average Bonchev–Trinajstić information content (AvgIpc) is 3.42. The minimum atomic E-state index is -0.757. The molecule has 3 aromatic heterocycles. The molecule has 0 unspecified atom stereocenters. The van der Waals surface area contributed by atoms with Crippen molar-refractivity contribution in [2.45, 2.75) is 13.0 Å². The average molecular weight is 436 g/mol. The van der Waals surface area contributed by atoms with E-state index >= 15 is 0 Å². The predicted octanol–water partition coefficient (Wildman–Crippen LogP) is 3.00. The van der Waals surface area contributed by atoms with Crippen LogP contribution in [0.3, 0.4) is 0 Å². The van der Waals surface area contributed by atoms with Gasteiger partial charge in [0.25, 0.3) is 5.88 Å². The lowest BCUT2D eigenvalue weighted by molar-refractivity contribution is -0.385. The van der Waals surface area contributed by atoms with E-state index in [0.29, 0.717) is 19.5 Å². The quantitative estimate of drug-likeness (QED) is 0.281. The van der Waals surface area contributed by atoms with Crippen molar-refractivity contribution in [3.63, 3.8) is 0 Å². The van der Waals surface area contributed by atoms with E-state index < -0.39 is 16.6 Å². The molecule has 5 rings (SSSR count). The smallest absolute Gasteiger partial charge is 0.377 e. The van der Waals surface area contributed by atoms with Crippen molar-refractivity contribution in [3.8, 4) is 11.8 Å². The molecule has 0 aliphatic carbocycles. The molecule has 4 heterocycles. The molecular formula is C20H16N6O6. The molecule has 1 aliphatic rings. The van der Waals surface area contributed by atoms with Gasteiger partial charge in [-0.05, 0) is 23.2 Å². The fraction of sp³-hybridized carbons (Fsp3) is 0.200. The number of carbonyl (C=O) groups excluding carboxylic acids is 1. The lowest BCUT2D eigenvalue weighted by Crippen LogP contribution is -2.31. The molecule has 0 saturated carbocycles. The number of ether oxygens (including phenoxy) is 2. The monoisotopic (exact) mass is 436 g/mol. The summed E-state index contributed by atoms with van der Waals surface area (Å²) in [7, 11) is 1.18. The first-order valence-corrected chi connectivity index (χ1v) is 9.61. The number of hydrogen-bond donors (Lipinski definition) is 1. The minimum absolute atomic E-state index is 0.126. The first-order valence-electron chi connectivity index (χ1n) is 9.61. The van der Waals surface area contributed by atoms with Gasteiger partial charge < -0.3 is 23.9 Å². The Balaban J connectivity index is 1.48. The standard InChI is InChI=1S/C20H16N6O6/c1-30-20(27)15-8-16(24-32-15)31-19-17(26(28)29)18(21-10-22-19)25-7-6-12-11-4-2-3-5-13(11)23-14(12)9-25/h2-5,8,10,23H,6-7,9H2,1H3. The van der Waals surface area contributed by atoms with Crippen molar-refractivity contribution in [1.29, 1.82) is 0 Å². The Labute approximate surface area is 179 Å². The summed E-state index contributed by atoms with van der Waals surface area (Å²) in [6.07, 6.45) is 1.88. The number of benzene rings is 1. The third-order valence-electron chi connectivity index (χ3n) is 5.21. The number of fused-ring (bicyclic) bond motifs is 3. The van der Waals surface area contributed by atoms with Crippen molar-refractivity contribution in [2.75, 3.05) is 18.6 Å². The molecule has 0 amide bonds. The van der Waals surface area contributed by atoms with Crippen LogP contribution in [0.1, 0.15) is 21.8 Å². The predicted molar refractivity (Wildman–Crippen MR) is 110 cm³/mol. The van der Waals surface area contributed by atoms with Crippen LogP contribution in [-0.4, -0.2) is 44.7 Å². The van der Waals surface area contributed by atoms with Gasteiger partial charge in [0.15, 0.2) is 0 Å². The van der Waals surface area contributed by atoms with Crippen LogP contribution in [0.15, 0.2) is 41.2 Å². The Morgan fingerprint density at radius 1 is 1.31 bits per heavy atom. The van der Waals surface area contributed by atoms with Crippen LogP contribution in [0, 0.1) is 10.1 Å². The molecule has 162 valence electrons. The van der Waals surface area contributed by atoms with Crippen molar-refractivity contribution >= 4 is 28.4 Å². The molecule has 1 N–H and O–H groups in total. The van der Waals surface area contributed by atoms with Gasteiger partial charge >= 0.3 is 17.5 Å². The molecule has 0 spiro atoms. The first kappa shape index (κ1) is 19.5. The second kappa shape index (κ2) is 7.65. The van der Waals surface area contributed by atoms with Crippen molar-refractivity contribution < 1.29 is 23.7 Å². The topological polar surface area (TPSA) is 150 Å². The Hall–Kier alpha value is -4.48. The van der Waals surface area contributed by atoms with E-state index in [1.54, 1.807) is 4.90 Å². The zero-order valence-corrected chi connectivity index (χ0v) is 16.8. The summed E-state index contributed by atoms with van der Waals surface area (Å²) in [6.45, 7) is 0.945. The van der Waals surface area contributed by atoms with Crippen LogP contribution in [-0.2, 0) is 17.7 Å². The first-order chi connectivity index (χ1) is 15.5. The summed E-state index contributed by atoms with van der Waals surface area (Å²) in [6, 6.07) is 9.15. The lowest BCUT2D eigenvalue weighted by Gasteiger charge is -2.27. The largest absolute Gasteiger partial charge is 0.463 e. The Morgan fingerprint density at radius 2 is 2.16 bits per heavy atom. The van der Waals surface area contributed by atoms with Crippen LogP contribution < -0.4 is 9.64 Å². The molecule has 32 heavy (non-hydrogen) atoms. The number of aromatic amines is 1. The van der Waals surface area contributed by atoms with Gasteiger partial charge in [0.2, 0.25) is 11.6 Å². The van der Waals surface area contributed by atoms with Crippen LogP contribution in [0.5, 0.6) is 11.8 Å². The van der Waals surface area contributed by atoms with E-state index in [9.17, 15) is 14.9 Å². The third kappa shape index (κ3) is 3.27. The van der Waals surface area contributed by atoms with Crippen molar-refractivity contribution in [3.05, 3.63) is 63.8 Å². The second-order valence-corrected chi connectivity index (χ2v) is 7.03. The van der Waals surface area contributed by atoms with Gasteiger partial charge in [-0.25, -0.2) is 9.78 Å². The summed E-state index contributed by atoms with van der Waals surface area (Å²) >= 11 is 0. The minimum Gasteiger partial charge on any atom is -0.463 e. The third-order valence-corrected chi connectivity index (χ3v) is 5.21. The summed E-state index contributed by atoms with van der Waals surface area (Å²) in [5.41, 5.74) is 2.79. The van der Waals surface area contributed by atoms with E-state index in [-0.39, 0.29) is 23.3 Å². The van der Waals surface area contributed by atoms with Crippen molar-refractivity contribution in [1.82, 2.24) is 20.1 Å². The van der Waals surface area contributed by atoms with Gasteiger partial charge in [-0.3, -0.25) is 10.1 Å². The number of esters is 1. The zero-order chi connectivity index (χ0) is 22.2. The number of hydrogen-bond acceptors (Lipinski definition) is 10. The molecular weight excluding hydrogens is 420 g/mol. The Morgan fingerprint density at radius 3 is 2.97 bits per heavy atom. The maximum Gasteiger partial charge on any atom is 0.377 e. The Bertz CT molecular complexity index is 1350. The van der Waals surface area contributed by atoms with Gasteiger partial charge in [-0.2, -0.15) is 4.98 Å². The summed E-state index contributed by atoms with van der Waals surface area (Å²) in [5, 5.41) is 16.6. The number of methoxy groups -OCH3 is 1. The van der Waals surface area contributed by atoms with Crippen LogP contribution in [0.25, 0.3) is 10.9 Å². The number of nitrogens with one attached hydrogen (secondary N) is 1.